The maximum absolute atomic E-state index is 6.19. The predicted molar refractivity (Wildman–Crippen MR) is 181 cm³/mol. The molecule has 0 aliphatic heterocycles. The molecule has 0 unspecified atom stereocenters. The number of methoxy groups -OCH3 is 8. The third-order valence-electron chi connectivity index (χ3n) is 7.26. The number of ether oxygens (including phenoxy) is 12. The van der Waals surface area contributed by atoms with Crippen molar-refractivity contribution in [1.82, 2.24) is 0 Å². The van der Waals surface area contributed by atoms with Crippen LogP contribution in [0.1, 0.15) is 62.1 Å². The van der Waals surface area contributed by atoms with E-state index < -0.39 is 0 Å². The fourth-order valence-corrected chi connectivity index (χ4v) is 5.18. The average molecular weight is 679 g/mol. The summed E-state index contributed by atoms with van der Waals surface area (Å²) in [7, 11) is 12.6. The fraction of sp³-hybridized carbons (Fsp3) is 0.611. The molecule has 0 spiro atoms. The average Bonchev–Trinajstić information content (AvgIpc) is 3.10. The Morgan fingerprint density at radius 2 is 0.875 bits per heavy atom. The number of hydrogen-bond donors (Lipinski definition) is 0. The molecule has 0 aromatic heterocycles. The van der Waals surface area contributed by atoms with Crippen LogP contribution < -0.4 is 37.9 Å². The number of unbranched alkanes of at least 4 members (excludes halogenated alkanes) is 3. The van der Waals surface area contributed by atoms with E-state index >= 15 is 0 Å². The van der Waals surface area contributed by atoms with Gasteiger partial charge < -0.3 is 56.8 Å². The van der Waals surface area contributed by atoms with Gasteiger partial charge in [-0.2, -0.15) is 0 Å². The van der Waals surface area contributed by atoms with Crippen LogP contribution >= 0.6 is 0 Å². The molecule has 0 saturated heterocycles. The molecule has 0 aliphatic carbocycles. The van der Waals surface area contributed by atoms with Gasteiger partial charge in [0.2, 0.25) is 0 Å². The normalized spacial score (nSPS) is 10.6. The highest BCUT2D eigenvalue weighted by atomic mass is 16.7. The van der Waals surface area contributed by atoms with E-state index in [-0.39, 0.29) is 27.2 Å². The van der Waals surface area contributed by atoms with Crippen LogP contribution in [0.5, 0.6) is 46.0 Å². The fourth-order valence-electron chi connectivity index (χ4n) is 5.18. The van der Waals surface area contributed by atoms with Crippen molar-refractivity contribution in [1.29, 1.82) is 0 Å². The van der Waals surface area contributed by atoms with E-state index in [9.17, 15) is 0 Å². The van der Waals surface area contributed by atoms with Crippen molar-refractivity contribution in [3.63, 3.8) is 0 Å². The molecule has 270 valence electrons. The first-order chi connectivity index (χ1) is 23.5. The monoisotopic (exact) mass is 678 g/mol. The van der Waals surface area contributed by atoms with Crippen molar-refractivity contribution in [2.45, 2.75) is 64.7 Å². The predicted octanol–water partition coefficient (Wildman–Crippen LogP) is 6.34. The first kappa shape index (κ1) is 40.4. The van der Waals surface area contributed by atoms with Gasteiger partial charge in [0.05, 0.1) is 28.4 Å². The van der Waals surface area contributed by atoms with Gasteiger partial charge >= 0.3 is 0 Å². The maximum Gasteiger partial charge on any atom is 0.188 e. The summed E-state index contributed by atoms with van der Waals surface area (Å²) in [5.74, 6) is 10.6. The number of hydrogen-bond acceptors (Lipinski definition) is 12. The van der Waals surface area contributed by atoms with Crippen molar-refractivity contribution in [2.24, 2.45) is 0 Å². The lowest BCUT2D eigenvalue weighted by Crippen LogP contribution is -2.12. The van der Waals surface area contributed by atoms with Gasteiger partial charge in [-0.05, 0) is 38.5 Å². The molecule has 2 aromatic rings. The summed E-state index contributed by atoms with van der Waals surface area (Å²) in [5, 5.41) is 0. The Balaban J connectivity index is 2.62. The summed E-state index contributed by atoms with van der Waals surface area (Å²) in [5.41, 5.74) is 2.29. The van der Waals surface area contributed by atoms with Crippen LogP contribution in [0.4, 0.5) is 0 Å². The maximum atomic E-state index is 6.19. The second-order valence-electron chi connectivity index (χ2n) is 10.5. The van der Waals surface area contributed by atoms with Gasteiger partial charge in [0.15, 0.2) is 73.2 Å². The van der Waals surface area contributed by atoms with Crippen molar-refractivity contribution >= 4 is 0 Å². The van der Waals surface area contributed by atoms with E-state index in [4.69, 9.17) is 56.8 Å². The number of benzene rings is 2. The molecule has 0 aliphatic rings. The van der Waals surface area contributed by atoms with Crippen LogP contribution in [0.3, 0.4) is 0 Å². The first-order valence-corrected chi connectivity index (χ1v) is 16.0. The molecule has 0 atom stereocenters. The standard InChI is InChI=1S/C36H54O12/c1-10-11-12-13-14-15-16-18-27-33(43-8)36(48-25-40-5)28(34(44-9)35(27)47-24-39-4)20-17-19-26-31(42-7)30(45-22-37-2)21-29(41-6)32(26)46-23-38-3/h21H,10-12,15-20,22-25H2,1-9H3. The zero-order chi connectivity index (χ0) is 35.1. The van der Waals surface area contributed by atoms with Crippen LogP contribution in [0.2, 0.25) is 0 Å². The van der Waals surface area contributed by atoms with Gasteiger partial charge in [-0.15, -0.1) is 11.8 Å². The zero-order valence-electron chi connectivity index (χ0n) is 30.2. The topological polar surface area (TPSA) is 111 Å². The van der Waals surface area contributed by atoms with Gasteiger partial charge in [-0.1, -0.05) is 13.3 Å². The van der Waals surface area contributed by atoms with Gasteiger partial charge in [-0.25, -0.2) is 0 Å². The zero-order valence-corrected chi connectivity index (χ0v) is 30.2. The largest absolute Gasteiger partial charge is 0.493 e. The molecule has 12 nitrogen and oxygen atoms in total. The third kappa shape index (κ3) is 11.4. The third-order valence-corrected chi connectivity index (χ3v) is 7.26. The molecule has 12 heteroatoms. The Labute approximate surface area is 286 Å². The molecule has 0 fully saturated rings. The number of rotatable bonds is 25. The van der Waals surface area contributed by atoms with Gasteiger partial charge in [0, 0.05) is 64.0 Å². The Morgan fingerprint density at radius 1 is 0.438 bits per heavy atom. The van der Waals surface area contributed by atoms with Crippen LogP contribution in [0.25, 0.3) is 0 Å². The van der Waals surface area contributed by atoms with Crippen LogP contribution in [0, 0.1) is 11.8 Å². The summed E-state index contributed by atoms with van der Waals surface area (Å²) in [6, 6.07) is 1.70. The Morgan fingerprint density at radius 3 is 1.33 bits per heavy atom. The molecule has 2 aromatic carbocycles. The highest BCUT2D eigenvalue weighted by molar-refractivity contribution is 5.67. The van der Waals surface area contributed by atoms with Crippen LogP contribution in [-0.4, -0.2) is 84.1 Å². The molecule has 0 radical (unpaired) electrons. The molecule has 0 bridgehead atoms. The summed E-state index contributed by atoms with van der Waals surface area (Å²) in [4.78, 5) is 0. The van der Waals surface area contributed by atoms with E-state index in [1.54, 1.807) is 62.9 Å². The molecule has 0 amide bonds. The highest BCUT2D eigenvalue weighted by Gasteiger charge is 2.29. The summed E-state index contributed by atoms with van der Waals surface area (Å²) in [6.45, 7) is 2.22. The van der Waals surface area contributed by atoms with Gasteiger partial charge in [-0.3, -0.25) is 0 Å². The van der Waals surface area contributed by atoms with Gasteiger partial charge in [0.25, 0.3) is 0 Å². The smallest absolute Gasteiger partial charge is 0.188 e. The Hall–Kier alpha value is -3.76. The minimum atomic E-state index is 0.00600. The lowest BCUT2D eigenvalue weighted by molar-refractivity contribution is 0.0436. The van der Waals surface area contributed by atoms with Crippen molar-refractivity contribution in [3.8, 4) is 57.8 Å². The molecule has 2 rings (SSSR count). The summed E-state index contributed by atoms with van der Waals surface area (Å²) < 4.78 is 68.6. The summed E-state index contributed by atoms with van der Waals surface area (Å²) >= 11 is 0. The lowest BCUT2D eigenvalue weighted by atomic mass is 9.96. The second-order valence-corrected chi connectivity index (χ2v) is 10.5. The lowest BCUT2D eigenvalue weighted by Gasteiger charge is -2.25. The van der Waals surface area contributed by atoms with E-state index in [2.05, 4.69) is 18.8 Å². The first-order valence-electron chi connectivity index (χ1n) is 16.0. The molecule has 0 heterocycles. The van der Waals surface area contributed by atoms with E-state index in [1.807, 2.05) is 0 Å². The van der Waals surface area contributed by atoms with Gasteiger partial charge in [0.1, 0.15) is 0 Å². The van der Waals surface area contributed by atoms with Crippen molar-refractivity contribution in [2.75, 3.05) is 84.1 Å². The van der Waals surface area contributed by atoms with E-state index in [0.717, 1.165) is 48.8 Å². The minimum Gasteiger partial charge on any atom is -0.493 e. The molecule has 0 saturated carbocycles. The van der Waals surface area contributed by atoms with Crippen LogP contribution in [-0.2, 0) is 38.2 Å². The Bertz CT molecular complexity index is 1280. The van der Waals surface area contributed by atoms with Crippen molar-refractivity contribution in [3.05, 3.63) is 22.8 Å². The Kier molecular flexibility index (Phi) is 19.8. The molecular weight excluding hydrogens is 624 g/mol. The van der Waals surface area contributed by atoms with E-state index in [1.165, 1.54) is 0 Å². The molecule has 48 heavy (non-hydrogen) atoms. The van der Waals surface area contributed by atoms with Crippen LogP contribution in [0.15, 0.2) is 6.07 Å². The summed E-state index contributed by atoms with van der Waals surface area (Å²) in [6.07, 6.45) is 6.85. The quantitative estimate of drug-likeness (QED) is 0.0664. The second kappa shape index (κ2) is 23.5. The minimum absolute atomic E-state index is 0.00600. The van der Waals surface area contributed by atoms with Crippen molar-refractivity contribution < 1.29 is 56.8 Å². The van der Waals surface area contributed by atoms with E-state index in [0.29, 0.717) is 71.7 Å². The molecular formula is C36H54O12. The highest BCUT2D eigenvalue weighted by Crippen LogP contribution is 2.51. The molecule has 0 N–H and O–H groups in total. The SMILES string of the molecule is CCCCC#CCCCc1c(OC)c(OCOC)c(CCCc2c(OC)c(OCOC)cc(OC)c2OCOC)c(OC)c1OCOC.